The number of nitro groups is 1. The number of aromatic amines is 1. The summed E-state index contributed by atoms with van der Waals surface area (Å²) in [5, 5.41) is 11.4. The van der Waals surface area contributed by atoms with Gasteiger partial charge in [0.1, 0.15) is 5.69 Å². The van der Waals surface area contributed by atoms with Crippen molar-refractivity contribution in [1.82, 2.24) is 4.98 Å². The standard InChI is InChI=1S/C16H16N2O6/c1-3-23-15(19)10-5-6-11(13(9-10)18(21)22)12-7-8-17-14(12)16(20)24-4-2/h5-9,17H,3-4H2,1-2H3. The molecule has 0 unspecified atom stereocenters. The molecule has 8 heteroatoms. The molecule has 1 aromatic carbocycles. The van der Waals surface area contributed by atoms with Gasteiger partial charge in [0.2, 0.25) is 0 Å². The van der Waals surface area contributed by atoms with Gasteiger partial charge in [-0.05, 0) is 32.0 Å². The zero-order valence-electron chi connectivity index (χ0n) is 13.2. The summed E-state index contributed by atoms with van der Waals surface area (Å²) in [5.41, 5.74) is 0.419. The second-order valence-corrected chi connectivity index (χ2v) is 4.70. The molecule has 0 aliphatic carbocycles. The van der Waals surface area contributed by atoms with E-state index < -0.39 is 16.9 Å². The van der Waals surface area contributed by atoms with Crippen LogP contribution in [0.25, 0.3) is 11.1 Å². The summed E-state index contributed by atoms with van der Waals surface area (Å²) in [4.78, 5) is 37.2. The number of benzene rings is 1. The summed E-state index contributed by atoms with van der Waals surface area (Å²) in [6.07, 6.45) is 1.49. The molecule has 0 amide bonds. The van der Waals surface area contributed by atoms with Crippen LogP contribution in [0.2, 0.25) is 0 Å². The Morgan fingerprint density at radius 2 is 1.75 bits per heavy atom. The number of aromatic nitrogens is 1. The highest BCUT2D eigenvalue weighted by Crippen LogP contribution is 2.33. The Balaban J connectivity index is 2.52. The molecule has 0 aliphatic heterocycles. The summed E-state index contributed by atoms with van der Waals surface area (Å²) in [7, 11) is 0. The number of ether oxygens (including phenoxy) is 2. The van der Waals surface area contributed by atoms with Crippen LogP contribution in [0.3, 0.4) is 0 Å². The number of hydrogen-bond donors (Lipinski definition) is 1. The van der Waals surface area contributed by atoms with Crippen LogP contribution in [0.4, 0.5) is 5.69 Å². The Hall–Kier alpha value is -3.16. The molecule has 1 N–H and O–H groups in total. The lowest BCUT2D eigenvalue weighted by atomic mass is 10.0. The highest BCUT2D eigenvalue weighted by atomic mass is 16.6. The molecule has 126 valence electrons. The van der Waals surface area contributed by atoms with Crippen LogP contribution >= 0.6 is 0 Å². The van der Waals surface area contributed by atoms with Crippen molar-refractivity contribution in [3.8, 4) is 11.1 Å². The first-order valence-electron chi connectivity index (χ1n) is 7.30. The summed E-state index contributed by atoms with van der Waals surface area (Å²) >= 11 is 0. The molecule has 0 bridgehead atoms. The fourth-order valence-corrected chi connectivity index (χ4v) is 2.22. The van der Waals surface area contributed by atoms with Crippen LogP contribution in [0, 0.1) is 10.1 Å². The zero-order valence-corrected chi connectivity index (χ0v) is 13.2. The zero-order chi connectivity index (χ0) is 17.7. The quantitative estimate of drug-likeness (QED) is 0.494. The molecular formula is C16H16N2O6. The van der Waals surface area contributed by atoms with E-state index in [1.54, 1.807) is 19.9 Å². The lowest BCUT2D eigenvalue weighted by Crippen LogP contribution is -2.08. The van der Waals surface area contributed by atoms with Crippen LogP contribution in [0.1, 0.15) is 34.7 Å². The van der Waals surface area contributed by atoms with E-state index >= 15 is 0 Å². The highest BCUT2D eigenvalue weighted by Gasteiger charge is 2.24. The molecule has 2 rings (SSSR count). The minimum atomic E-state index is -0.646. The van der Waals surface area contributed by atoms with E-state index in [1.165, 1.54) is 18.3 Å². The van der Waals surface area contributed by atoms with Crippen LogP contribution in [-0.2, 0) is 9.47 Å². The van der Waals surface area contributed by atoms with Crippen LogP contribution in [0.5, 0.6) is 0 Å². The Kier molecular flexibility index (Phi) is 5.31. The first kappa shape index (κ1) is 17.2. The molecule has 8 nitrogen and oxygen atoms in total. The molecule has 2 aromatic rings. The lowest BCUT2D eigenvalue weighted by molar-refractivity contribution is -0.384. The minimum Gasteiger partial charge on any atom is -0.462 e. The summed E-state index contributed by atoms with van der Waals surface area (Å²) in [5.74, 6) is -1.26. The molecule has 0 radical (unpaired) electrons. The van der Waals surface area contributed by atoms with E-state index in [1.807, 2.05) is 0 Å². The molecule has 0 spiro atoms. The van der Waals surface area contributed by atoms with Crippen molar-refractivity contribution in [3.63, 3.8) is 0 Å². The number of nitrogens with zero attached hydrogens (tertiary/aromatic N) is 1. The van der Waals surface area contributed by atoms with Gasteiger partial charge in [0, 0.05) is 17.8 Å². The normalized spacial score (nSPS) is 10.2. The maximum atomic E-state index is 11.9. The third-order valence-corrected chi connectivity index (χ3v) is 3.22. The van der Waals surface area contributed by atoms with Gasteiger partial charge in [0.05, 0.1) is 29.3 Å². The first-order valence-corrected chi connectivity index (χ1v) is 7.30. The minimum absolute atomic E-state index is 0.0699. The fourth-order valence-electron chi connectivity index (χ4n) is 2.22. The maximum absolute atomic E-state index is 11.9. The molecule has 0 saturated heterocycles. The van der Waals surface area contributed by atoms with Gasteiger partial charge < -0.3 is 14.5 Å². The van der Waals surface area contributed by atoms with Gasteiger partial charge in [-0.25, -0.2) is 9.59 Å². The van der Waals surface area contributed by atoms with E-state index in [0.717, 1.165) is 6.07 Å². The topological polar surface area (TPSA) is 112 Å². The van der Waals surface area contributed by atoms with E-state index in [-0.39, 0.29) is 35.7 Å². The average Bonchev–Trinajstić information content (AvgIpc) is 3.04. The fraction of sp³-hybridized carbons (Fsp3) is 0.250. The molecule has 24 heavy (non-hydrogen) atoms. The summed E-state index contributed by atoms with van der Waals surface area (Å²) in [6, 6.07) is 5.51. The Morgan fingerprint density at radius 3 is 2.38 bits per heavy atom. The highest BCUT2D eigenvalue weighted by molar-refractivity contribution is 5.98. The number of H-pyrrole nitrogens is 1. The van der Waals surface area contributed by atoms with Gasteiger partial charge in [0.25, 0.3) is 5.69 Å². The number of hydrogen-bond acceptors (Lipinski definition) is 6. The van der Waals surface area contributed by atoms with E-state index in [9.17, 15) is 19.7 Å². The van der Waals surface area contributed by atoms with Crippen molar-refractivity contribution < 1.29 is 24.0 Å². The monoisotopic (exact) mass is 332 g/mol. The van der Waals surface area contributed by atoms with Crippen LogP contribution in [-0.4, -0.2) is 35.1 Å². The number of rotatable bonds is 6. The summed E-state index contributed by atoms with van der Waals surface area (Å²) in [6.45, 7) is 3.66. The van der Waals surface area contributed by atoms with Gasteiger partial charge in [0.15, 0.2) is 0 Å². The number of carbonyl (C=O) groups is 2. The van der Waals surface area contributed by atoms with Crippen LogP contribution < -0.4 is 0 Å². The van der Waals surface area contributed by atoms with E-state index in [2.05, 4.69) is 4.98 Å². The third-order valence-electron chi connectivity index (χ3n) is 3.22. The average molecular weight is 332 g/mol. The van der Waals surface area contributed by atoms with Crippen LogP contribution in [0.15, 0.2) is 30.5 Å². The van der Waals surface area contributed by atoms with Crippen molar-refractivity contribution in [2.45, 2.75) is 13.8 Å². The van der Waals surface area contributed by atoms with Crippen molar-refractivity contribution in [2.75, 3.05) is 13.2 Å². The van der Waals surface area contributed by atoms with Crippen molar-refractivity contribution in [2.24, 2.45) is 0 Å². The number of esters is 2. The number of carbonyl (C=O) groups excluding carboxylic acids is 2. The molecule has 0 atom stereocenters. The predicted molar refractivity (Wildman–Crippen MR) is 84.8 cm³/mol. The molecule has 0 saturated carbocycles. The number of nitro benzene ring substituents is 1. The van der Waals surface area contributed by atoms with Gasteiger partial charge >= 0.3 is 11.9 Å². The van der Waals surface area contributed by atoms with Gasteiger partial charge in [-0.15, -0.1) is 0 Å². The smallest absolute Gasteiger partial charge is 0.355 e. The number of nitrogens with one attached hydrogen (secondary N) is 1. The van der Waals surface area contributed by atoms with Crippen molar-refractivity contribution >= 4 is 17.6 Å². The second-order valence-electron chi connectivity index (χ2n) is 4.70. The Bertz CT molecular complexity index is 781. The SMILES string of the molecule is CCOC(=O)c1ccc(-c2cc[nH]c2C(=O)OCC)c([N+](=O)[O-])c1. The van der Waals surface area contributed by atoms with Gasteiger partial charge in [-0.3, -0.25) is 10.1 Å². The summed E-state index contributed by atoms with van der Waals surface area (Å²) < 4.78 is 9.77. The largest absolute Gasteiger partial charge is 0.462 e. The molecule has 1 aromatic heterocycles. The van der Waals surface area contributed by atoms with E-state index in [0.29, 0.717) is 5.56 Å². The molecule has 1 heterocycles. The maximum Gasteiger partial charge on any atom is 0.355 e. The van der Waals surface area contributed by atoms with Gasteiger partial charge in [-0.1, -0.05) is 0 Å². The molecule has 0 fully saturated rings. The molecule has 0 aliphatic rings. The Morgan fingerprint density at radius 1 is 1.08 bits per heavy atom. The lowest BCUT2D eigenvalue weighted by Gasteiger charge is -2.07. The Labute approximate surface area is 137 Å². The van der Waals surface area contributed by atoms with Gasteiger partial charge in [-0.2, -0.15) is 0 Å². The van der Waals surface area contributed by atoms with Crippen molar-refractivity contribution in [1.29, 1.82) is 0 Å². The second kappa shape index (κ2) is 7.40. The van der Waals surface area contributed by atoms with E-state index in [4.69, 9.17) is 9.47 Å². The first-order chi connectivity index (χ1) is 11.5. The molecular weight excluding hydrogens is 316 g/mol. The third kappa shape index (κ3) is 3.43. The van der Waals surface area contributed by atoms with Crippen molar-refractivity contribution in [3.05, 3.63) is 51.8 Å². The predicted octanol–water partition coefficient (Wildman–Crippen LogP) is 2.94.